The van der Waals surface area contributed by atoms with Gasteiger partial charge in [0.05, 0.1) is 34.2 Å². The summed E-state index contributed by atoms with van der Waals surface area (Å²) < 4.78 is 20.4. The summed E-state index contributed by atoms with van der Waals surface area (Å²) in [6.45, 7) is 2.96. The molecule has 2 N–H and O–H groups in total. The number of carbonyl (C=O) groups excluding carboxylic acids is 2. The summed E-state index contributed by atoms with van der Waals surface area (Å²) in [7, 11) is 0. The summed E-state index contributed by atoms with van der Waals surface area (Å²) in [5, 5.41) is 23.3. The number of phenolic OH excluding ortho intramolecular Hbond substituents is 1. The molecule has 1 saturated heterocycles. The molecule has 2 amide bonds. The van der Waals surface area contributed by atoms with E-state index in [1.54, 1.807) is 6.07 Å². The number of hydrogen-bond donors (Lipinski definition) is 2. The van der Waals surface area contributed by atoms with Crippen molar-refractivity contribution in [2.24, 2.45) is 5.92 Å². The normalized spacial score (nSPS) is 39.3. The molecule has 3 saturated carbocycles. The minimum absolute atomic E-state index is 0.000294. The Morgan fingerprint density at radius 2 is 1.86 bits per heavy atom. The number of amides is 2. The molecular formula is C28H27FN2O5. The van der Waals surface area contributed by atoms with Crippen LogP contribution in [-0.4, -0.2) is 68.2 Å². The van der Waals surface area contributed by atoms with Crippen LogP contribution in [0.15, 0.2) is 30.3 Å². The first-order chi connectivity index (χ1) is 17.3. The average molecular weight is 491 g/mol. The van der Waals surface area contributed by atoms with E-state index in [1.807, 2.05) is 13.0 Å². The fourth-order valence-corrected chi connectivity index (χ4v) is 8.26. The zero-order chi connectivity index (χ0) is 24.7. The molecule has 186 valence electrons. The second-order valence-corrected chi connectivity index (χ2v) is 11.7. The lowest BCUT2D eigenvalue weighted by molar-refractivity contribution is -0.124. The van der Waals surface area contributed by atoms with E-state index in [2.05, 4.69) is 4.90 Å². The van der Waals surface area contributed by atoms with Crippen LogP contribution in [0.1, 0.15) is 63.9 Å². The van der Waals surface area contributed by atoms with Crippen LogP contribution in [0, 0.1) is 18.7 Å². The number of likely N-dealkylation sites (tertiary alicyclic amines) is 1. The van der Waals surface area contributed by atoms with Crippen LogP contribution >= 0.6 is 0 Å². The molecule has 6 aliphatic rings. The fourth-order valence-electron chi connectivity index (χ4n) is 8.26. The summed E-state index contributed by atoms with van der Waals surface area (Å²) >= 11 is 0. The minimum Gasteiger partial charge on any atom is -0.504 e. The van der Waals surface area contributed by atoms with Crippen molar-refractivity contribution in [1.82, 2.24) is 9.80 Å². The Hall–Kier alpha value is -2.97. The van der Waals surface area contributed by atoms with Crippen molar-refractivity contribution in [1.29, 1.82) is 0 Å². The number of aromatic hydroxyl groups is 1. The number of carbonyl (C=O) groups is 2. The molecule has 0 aromatic heterocycles. The standard InChI is InChI=1S/C28H27FN2O5/c1-13-2-7-20(32)22-21(13)27-11-19-23(30(19)12-14-3-4-14)28(27,35)9-8-18(24(27)36-22)31-25(33)16-6-5-15(29)10-17(16)26(31)34/h2,5-7,10,14,18-19,23-24,32,35H,3-4,8-9,11-12H2,1H3/t18-,19?,23-,24+,27+,28-,30?/m1/s1. The number of halogens is 1. The number of aliphatic hydroxyl groups is 1. The predicted octanol–water partition coefficient (Wildman–Crippen LogP) is 2.89. The lowest BCUT2D eigenvalue weighted by Gasteiger charge is -2.53. The van der Waals surface area contributed by atoms with Gasteiger partial charge in [-0.15, -0.1) is 0 Å². The number of phenols is 1. The Balaban J connectivity index is 1.25. The van der Waals surface area contributed by atoms with Crippen molar-refractivity contribution < 1.29 is 28.9 Å². The maximum atomic E-state index is 13.9. The van der Waals surface area contributed by atoms with Crippen molar-refractivity contribution in [3.8, 4) is 11.5 Å². The highest BCUT2D eigenvalue weighted by Gasteiger charge is 2.81. The summed E-state index contributed by atoms with van der Waals surface area (Å²) in [5.74, 6) is -0.496. The summed E-state index contributed by atoms with van der Waals surface area (Å²) in [6, 6.07) is 6.69. The summed E-state index contributed by atoms with van der Waals surface area (Å²) in [4.78, 5) is 30.5. The quantitative estimate of drug-likeness (QED) is 0.508. The maximum absolute atomic E-state index is 13.9. The zero-order valence-electron chi connectivity index (χ0n) is 19.9. The Morgan fingerprint density at radius 3 is 2.64 bits per heavy atom. The highest BCUT2D eigenvalue weighted by Crippen LogP contribution is 2.70. The number of fused-ring (bicyclic) bond motifs is 4. The first-order valence-electron chi connectivity index (χ1n) is 12.9. The van der Waals surface area contributed by atoms with Gasteiger partial charge in [-0.2, -0.15) is 0 Å². The van der Waals surface area contributed by atoms with Crippen LogP contribution in [0.5, 0.6) is 11.5 Å². The summed E-state index contributed by atoms with van der Waals surface area (Å²) in [6.07, 6.45) is 3.23. The van der Waals surface area contributed by atoms with E-state index in [0.717, 1.165) is 23.7 Å². The molecule has 1 spiro atoms. The van der Waals surface area contributed by atoms with E-state index in [0.29, 0.717) is 30.9 Å². The number of ether oxygens (including phenoxy) is 1. The van der Waals surface area contributed by atoms with Crippen LogP contribution in [-0.2, 0) is 5.41 Å². The van der Waals surface area contributed by atoms with Gasteiger partial charge in [0.2, 0.25) is 0 Å². The first kappa shape index (κ1) is 21.1. The first-order valence-corrected chi connectivity index (χ1v) is 12.9. The van der Waals surface area contributed by atoms with Crippen LogP contribution in [0.25, 0.3) is 0 Å². The number of rotatable bonds is 3. The number of piperidine rings is 1. The molecule has 3 aliphatic carbocycles. The Morgan fingerprint density at radius 1 is 1.08 bits per heavy atom. The molecule has 2 aromatic carbocycles. The second kappa shape index (κ2) is 6.47. The Kier molecular flexibility index (Phi) is 3.80. The number of benzene rings is 2. The Labute approximate surface area is 207 Å². The molecule has 8 rings (SSSR count). The maximum Gasteiger partial charge on any atom is 0.262 e. The van der Waals surface area contributed by atoms with E-state index in [4.69, 9.17) is 4.74 Å². The van der Waals surface area contributed by atoms with Crippen molar-refractivity contribution in [2.75, 3.05) is 6.54 Å². The highest BCUT2D eigenvalue weighted by atomic mass is 19.1. The fraction of sp³-hybridized carbons (Fsp3) is 0.500. The molecule has 0 radical (unpaired) electrons. The largest absolute Gasteiger partial charge is 0.504 e. The number of aryl methyl sites for hydroxylation is 1. The molecule has 2 unspecified atom stereocenters. The van der Waals surface area contributed by atoms with Crippen molar-refractivity contribution in [2.45, 2.75) is 74.3 Å². The van der Waals surface area contributed by atoms with Gasteiger partial charge in [-0.3, -0.25) is 19.4 Å². The molecule has 7 nitrogen and oxygen atoms in total. The smallest absolute Gasteiger partial charge is 0.262 e. The van der Waals surface area contributed by atoms with E-state index in [-0.39, 0.29) is 29.0 Å². The average Bonchev–Trinajstić information content (AvgIpc) is 3.71. The molecule has 4 fully saturated rings. The third-order valence-corrected chi connectivity index (χ3v) is 9.92. The molecule has 3 aliphatic heterocycles. The monoisotopic (exact) mass is 490 g/mol. The van der Waals surface area contributed by atoms with Gasteiger partial charge in [-0.05, 0) is 74.8 Å². The number of imide groups is 1. The molecule has 7 atom stereocenters. The Bertz CT molecular complexity index is 1390. The van der Waals surface area contributed by atoms with Crippen molar-refractivity contribution in [3.05, 3.63) is 58.4 Å². The van der Waals surface area contributed by atoms with Crippen LogP contribution in [0.3, 0.4) is 0 Å². The third-order valence-electron chi connectivity index (χ3n) is 9.92. The number of nitrogens with zero attached hydrogens (tertiary/aromatic N) is 2. The second-order valence-electron chi connectivity index (χ2n) is 11.7. The SMILES string of the molecule is Cc1ccc(O)c2c1[C@]13CC4[C@@H](N4CC4CC4)[C@]1(O)CC[C@@H](N1C(=O)c4ccc(F)cc4C1=O)[C@@H]3O2. The molecule has 36 heavy (non-hydrogen) atoms. The van der Waals surface area contributed by atoms with Crippen molar-refractivity contribution in [3.63, 3.8) is 0 Å². The third kappa shape index (κ3) is 2.31. The van der Waals surface area contributed by atoms with E-state index in [1.165, 1.54) is 29.9 Å². The van der Waals surface area contributed by atoms with Gasteiger partial charge in [0.1, 0.15) is 11.9 Å². The molecule has 8 heteroatoms. The van der Waals surface area contributed by atoms with E-state index >= 15 is 0 Å². The van der Waals surface area contributed by atoms with Crippen LogP contribution in [0.2, 0.25) is 0 Å². The van der Waals surface area contributed by atoms with Gasteiger partial charge in [0.15, 0.2) is 11.5 Å². The summed E-state index contributed by atoms with van der Waals surface area (Å²) in [5.41, 5.74) is 0.0431. The lowest BCUT2D eigenvalue weighted by atomic mass is 9.57. The molecule has 2 aromatic rings. The van der Waals surface area contributed by atoms with Gasteiger partial charge >= 0.3 is 0 Å². The molecule has 0 bridgehead atoms. The molecular weight excluding hydrogens is 463 g/mol. The predicted molar refractivity (Wildman–Crippen MR) is 125 cm³/mol. The van der Waals surface area contributed by atoms with Gasteiger partial charge in [0, 0.05) is 18.2 Å². The topological polar surface area (TPSA) is 90.1 Å². The van der Waals surface area contributed by atoms with Crippen LogP contribution in [0.4, 0.5) is 4.39 Å². The van der Waals surface area contributed by atoms with Gasteiger partial charge in [-0.1, -0.05) is 6.07 Å². The van der Waals surface area contributed by atoms with Crippen LogP contribution < -0.4 is 4.74 Å². The van der Waals surface area contributed by atoms with E-state index in [9.17, 15) is 24.2 Å². The van der Waals surface area contributed by atoms with Gasteiger partial charge in [-0.25, -0.2) is 4.39 Å². The van der Waals surface area contributed by atoms with Gasteiger partial charge < -0.3 is 14.9 Å². The van der Waals surface area contributed by atoms with Crippen molar-refractivity contribution >= 4 is 11.8 Å². The van der Waals surface area contributed by atoms with Gasteiger partial charge in [0.25, 0.3) is 11.8 Å². The lowest BCUT2D eigenvalue weighted by Crippen LogP contribution is -2.68. The molecule has 3 heterocycles. The minimum atomic E-state index is -1.09. The van der Waals surface area contributed by atoms with E-state index < -0.39 is 40.8 Å². The zero-order valence-corrected chi connectivity index (χ0v) is 19.9. The highest BCUT2D eigenvalue weighted by molar-refractivity contribution is 6.21. The number of hydrogen-bond acceptors (Lipinski definition) is 6.